The van der Waals surface area contributed by atoms with Gasteiger partial charge < -0.3 is 15.4 Å². The number of hydrogen-bond acceptors (Lipinski definition) is 3. The topological polar surface area (TPSA) is 55.6 Å². The highest BCUT2D eigenvalue weighted by Gasteiger charge is 2.39. The van der Waals surface area contributed by atoms with Crippen molar-refractivity contribution in [2.45, 2.75) is 31.2 Å². The fourth-order valence-electron chi connectivity index (χ4n) is 2.73. The maximum atomic E-state index is 12.4. The molecule has 0 radical (unpaired) electrons. The van der Waals surface area contributed by atoms with Crippen molar-refractivity contribution >= 4 is 5.91 Å². The van der Waals surface area contributed by atoms with E-state index in [1.54, 1.807) is 0 Å². The van der Waals surface area contributed by atoms with Crippen molar-refractivity contribution in [3.8, 4) is 0 Å². The zero-order chi connectivity index (χ0) is 14.2. The van der Waals surface area contributed by atoms with Crippen LogP contribution in [-0.2, 0) is 15.1 Å². The highest BCUT2D eigenvalue weighted by atomic mass is 16.5. The van der Waals surface area contributed by atoms with Crippen LogP contribution in [0.25, 0.3) is 0 Å². The normalized spacial score (nSPS) is 22.4. The number of rotatable bonds is 3. The summed E-state index contributed by atoms with van der Waals surface area (Å²) in [6, 6.07) is 8.24. The molecule has 2 aliphatic rings. The van der Waals surface area contributed by atoms with Gasteiger partial charge in [0.05, 0.1) is 19.1 Å². The van der Waals surface area contributed by atoms with E-state index in [1.165, 1.54) is 5.56 Å². The lowest BCUT2D eigenvalue weighted by Gasteiger charge is -2.29. The molecule has 1 aliphatic heterocycles. The van der Waals surface area contributed by atoms with Crippen molar-refractivity contribution in [3.05, 3.63) is 35.4 Å². The van der Waals surface area contributed by atoms with Crippen LogP contribution in [0.15, 0.2) is 24.3 Å². The van der Waals surface area contributed by atoms with Gasteiger partial charge in [0.25, 0.3) is 0 Å². The zero-order valence-corrected chi connectivity index (χ0v) is 12.0. The molecule has 4 heteroatoms. The van der Waals surface area contributed by atoms with Gasteiger partial charge in [0.2, 0.25) is 5.91 Å². The predicted octanol–water partition coefficient (Wildman–Crippen LogP) is 1.60. The Labute approximate surface area is 119 Å². The smallest absolute Gasteiger partial charge is 0.229 e. The molecule has 1 unspecified atom stereocenters. The first-order chi connectivity index (χ1) is 9.60. The van der Waals surface area contributed by atoms with E-state index in [4.69, 9.17) is 10.5 Å². The first-order valence-electron chi connectivity index (χ1n) is 7.36. The summed E-state index contributed by atoms with van der Waals surface area (Å²) < 4.78 is 5.29. The van der Waals surface area contributed by atoms with Gasteiger partial charge in [0.1, 0.15) is 0 Å². The number of nitrogens with zero attached hydrogens (tertiary/aromatic N) is 1. The Morgan fingerprint density at radius 3 is 2.40 bits per heavy atom. The van der Waals surface area contributed by atoms with E-state index < -0.39 is 0 Å². The minimum atomic E-state index is -0.102. The monoisotopic (exact) mass is 274 g/mol. The molecule has 1 aromatic rings. The second kappa shape index (κ2) is 5.19. The van der Waals surface area contributed by atoms with Crippen LogP contribution in [-0.4, -0.2) is 37.1 Å². The lowest BCUT2D eigenvalue weighted by atomic mass is 9.96. The summed E-state index contributed by atoms with van der Waals surface area (Å²) in [5, 5.41) is 0. The lowest BCUT2D eigenvalue weighted by molar-refractivity contribution is -0.136. The Kier molecular flexibility index (Phi) is 3.52. The second-order valence-electron chi connectivity index (χ2n) is 5.94. The van der Waals surface area contributed by atoms with Gasteiger partial charge in [-0.1, -0.05) is 24.3 Å². The molecule has 1 atom stereocenters. The third kappa shape index (κ3) is 2.58. The molecule has 3 rings (SSSR count). The third-order valence-corrected chi connectivity index (χ3v) is 4.47. The van der Waals surface area contributed by atoms with E-state index in [-0.39, 0.29) is 17.4 Å². The van der Waals surface area contributed by atoms with Crippen LogP contribution in [0.1, 0.15) is 36.8 Å². The summed E-state index contributed by atoms with van der Waals surface area (Å²) in [5.74, 6) is 0.0880. The van der Waals surface area contributed by atoms with Gasteiger partial charge in [-0.05, 0) is 30.9 Å². The van der Waals surface area contributed by atoms with Crippen molar-refractivity contribution in [3.63, 3.8) is 0 Å². The fraction of sp³-hybridized carbons (Fsp3) is 0.562. The molecule has 1 aliphatic carbocycles. The van der Waals surface area contributed by atoms with E-state index in [9.17, 15) is 4.79 Å². The SMILES string of the molecule is CC(C(=O)N1CCOCC1)c1ccc(C2(N)CC2)cc1. The minimum absolute atomic E-state index is 0.101. The number of carbonyl (C=O) groups excluding carboxylic acids is 1. The number of benzene rings is 1. The van der Waals surface area contributed by atoms with Crippen LogP contribution in [0.4, 0.5) is 0 Å². The van der Waals surface area contributed by atoms with E-state index in [0.29, 0.717) is 26.3 Å². The number of morpholine rings is 1. The summed E-state index contributed by atoms with van der Waals surface area (Å²) in [6.07, 6.45) is 2.13. The number of carbonyl (C=O) groups is 1. The summed E-state index contributed by atoms with van der Waals surface area (Å²) in [7, 11) is 0. The summed E-state index contributed by atoms with van der Waals surface area (Å²) in [5.41, 5.74) is 8.33. The molecule has 4 nitrogen and oxygen atoms in total. The highest BCUT2D eigenvalue weighted by molar-refractivity contribution is 5.83. The lowest BCUT2D eigenvalue weighted by Crippen LogP contribution is -2.42. The summed E-state index contributed by atoms with van der Waals surface area (Å²) in [4.78, 5) is 14.3. The average molecular weight is 274 g/mol. The quantitative estimate of drug-likeness (QED) is 0.911. The Balaban J connectivity index is 1.69. The highest BCUT2D eigenvalue weighted by Crippen LogP contribution is 2.42. The molecule has 0 bridgehead atoms. The fourth-order valence-corrected chi connectivity index (χ4v) is 2.73. The van der Waals surface area contributed by atoms with Crippen molar-refractivity contribution < 1.29 is 9.53 Å². The molecule has 1 saturated heterocycles. The zero-order valence-electron chi connectivity index (χ0n) is 12.0. The molecular weight excluding hydrogens is 252 g/mol. The van der Waals surface area contributed by atoms with E-state index in [2.05, 4.69) is 12.1 Å². The van der Waals surface area contributed by atoms with E-state index >= 15 is 0 Å². The summed E-state index contributed by atoms with van der Waals surface area (Å²) >= 11 is 0. The predicted molar refractivity (Wildman–Crippen MR) is 77.4 cm³/mol. The molecule has 0 aromatic heterocycles. The van der Waals surface area contributed by atoms with Gasteiger partial charge in [0.15, 0.2) is 0 Å². The molecule has 1 saturated carbocycles. The largest absolute Gasteiger partial charge is 0.378 e. The minimum Gasteiger partial charge on any atom is -0.378 e. The van der Waals surface area contributed by atoms with Crippen LogP contribution < -0.4 is 5.73 Å². The first-order valence-corrected chi connectivity index (χ1v) is 7.36. The molecule has 2 fully saturated rings. The molecule has 1 aromatic carbocycles. The van der Waals surface area contributed by atoms with Gasteiger partial charge >= 0.3 is 0 Å². The van der Waals surface area contributed by atoms with Crippen molar-refractivity contribution in [2.24, 2.45) is 5.73 Å². The number of amides is 1. The number of nitrogens with two attached hydrogens (primary N) is 1. The van der Waals surface area contributed by atoms with Crippen LogP contribution in [0.5, 0.6) is 0 Å². The van der Waals surface area contributed by atoms with Crippen molar-refractivity contribution in [2.75, 3.05) is 26.3 Å². The van der Waals surface area contributed by atoms with Crippen LogP contribution >= 0.6 is 0 Å². The van der Waals surface area contributed by atoms with Crippen LogP contribution in [0.3, 0.4) is 0 Å². The molecule has 20 heavy (non-hydrogen) atoms. The van der Waals surface area contributed by atoms with Crippen molar-refractivity contribution in [1.29, 1.82) is 0 Å². The van der Waals surface area contributed by atoms with Crippen LogP contribution in [0.2, 0.25) is 0 Å². The second-order valence-corrected chi connectivity index (χ2v) is 5.94. The van der Waals surface area contributed by atoms with E-state index in [1.807, 2.05) is 24.0 Å². The van der Waals surface area contributed by atoms with Gasteiger partial charge in [-0.25, -0.2) is 0 Å². The van der Waals surface area contributed by atoms with Gasteiger partial charge in [-0.2, -0.15) is 0 Å². The molecule has 1 amide bonds. The first kappa shape index (κ1) is 13.6. The van der Waals surface area contributed by atoms with Gasteiger partial charge in [0, 0.05) is 18.6 Å². The maximum absolute atomic E-state index is 12.4. The van der Waals surface area contributed by atoms with Gasteiger partial charge in [-0.3, -0.25) is 4.79 Å². The Morgan fingerprint density at radius 1 is 1.25 bits per heavy atom. The summed E-state index contributed by atoms with van der Waals surface area (Å²) in [6.45, 7) is 4.67. The molecule has 0 spiro atoms. The standard InChI is InChI=1S/C16H22N2O2/c1-12(15(19)18-8-10-20-11-9-18)13-2-4-14(5-3-13)16(17)6-7-16/h2-5,12H,6-11,17H2,1H3. The third-order valence-electron chi connectivity index (χ3n) is 4.47. The van der Waals surface area contributed by atoms with Crippen molar-refractivity contribution in [1.82, 2.24) is 4.90 Å². The Bertz CT molecular complexity index is 488. The molecular formula is C16H22N2O2. The number of ether oxygens (including phenoxy) is 1. The van der Waals surface area contributed by atoms with Gasteiger partial charge in [-0.15, -0.1) is 0 Å². The number of hydrogen-bond donors (Lipinski definition) is 1. The van der Waals surface area contributed by atoms with Crippen LogP contribution in [0, 0.1) is 0 Å². The average Bonchev–Trinajstić information content (AvgIpc) is 3.26. The molecule has 2 N–H and O–H groups in total. The Hall–Kier alpha value is -1.39. The Morgan fingerprint density at radius 2 is 1.85 bits per heavy atom. The maximum Gasteiger partial charge on any atom is 0.229 e. The molecule has 108 valence electrons. The molecule has 1 heterocycles. The van der Waals surface area contributed by atoms with E-state index in [0.717, 1.165) is 18.4 Å².